The Morgan fingerprint density at radius 3 is 2.78 bits per heavy atom. The van der Waals surface area contributed by atoms with E-state index < -0.39 is 0 Å². The van der Waals surface area contributed by atoms with Gasteiger partial charge in [-0.1, -0.05) is 18.2 Å². The van der Waals surface area contributed by atoms with Gasteiger partial charge in [0, 0.05) is 17.0 Å². The van der Waals surface area contributed by atoms with Crippen LogP contribution in [0.25, 0.3) is 27.8 Å². The number of fused-ring (bicyclic) bond motifs is 2. The Hall–Kier alpha value is -2.55. The first-order chi connectivity index (χ1) is 8.84. The van der Waals surface area contributed by atoms with Gasteiger partial charge in [-0.25, -0.2) is 4.98 Å². The van der Waals surface area contributed by atoms with Crippen LogP contribution in [0.3, 0.4) is 0 Å². The van der Waals surface area contributed by atoms with Crippen LogP contribution < -0.4 is 0 Å². The average Bonchev–Trinajstić information content (AvgIpc) is 2.43. The van der Waals surface area contributed by atoms with Crippen molar-refractivity contribution in [2.24, 2.45) is 0 Å². The number of carbonyl (C=O) groups excluding carboxylic acids is 1. The van der Waals surface area contributed by atoms with Crippen LogP contribution in [0.2, 0.25) is 0 Å². The van der Waals surface area contributed by atoms with E-state index in [9.17, 15) is 4.79 Å². The van der Waals surface area contributed by atoms with Crippen LogP contribution >= 0.6 is 0 Å². The van der Waals surface area contributed by atoms with E-state index in [1.54, 1.807) is 12.3 Å². The van der Waals surface area contributed by atoms with E-state index in [0.717, 1.165) is 27.4 Å². The minimum absolute atomic E-state index is 0.0508. The summed E-state index contributed by atoms with van der Waals surface area (Å²) >= 11 is 0. The predicted molar refractivity (Wildman–Crippen MR) is 70.4 cm³/mol. The number of hydrogen-bond acceptors (Lipinski definition) is 3. The molecular formula is C15H8N2O. The molecule has 4 rings (SSSR count). The van der Waals surface area contributed by atoms with Crippen LogP contribution in [0.4, 0.5) is 0 Å². The van der Waals surface area contributed by atoms with Gasteiger partial charge in [-0.2, -0.15) is 0 Å². The first kappa shape index (κ1) is 9.48. The molecule has 18 heavy (non-hydrogen) atoms. The molecule has 1 aromatic carbocycles. The maximum Gasteiger partial charge on any atom is 0.204 e. The smallest absolute Gasteiger partial charge is 0.204 e. The number of carbonyl (C=O) groups is 1. The number of rotatable bonds is 0. The number of ketones is 1. The van der Waals surface area contributed by atoms with Crippen molar-refractivity contribution in [2.45, 2.75) is 0 Å². The van der Waals surface area contributed by atoms with Crippen molar-refractivity contribution in [1.82, 2.24) is 9.97 Å². The van der Waals surface area contributed by atoms with Gasteiger partial charge in [0.2, 0.25) is 5.78 Å². The van der Waals surface area contributed by atoms with Crippen molar-refractivity contribution in [2.75, 3.05) is 0 Å². The van der Waals surface area contributed by atoms with Gasteiger partial charge >= 0.3 is 0 Å². The molecule has 0 aliphatic heterocycles. The Kier molecular flexibility index (Phi) is 1.70. The molecule has 2 aromatic heterocycles. The van der Waals surface area contributed by atoms with Crippen molar-refractivity contribution in [3.05, 3.63) is 54.0 Å². The van der Waals surface area contributed by atoms with Crippen LogP contribution in [0.1, 0.15) is 16.2 Å². The quantitative estimate of drug-likeness (QED) is 0.559. The number of pyridine rings is 2. The lowest BCUT2D eigenvalue weighted by atomic mass is 9.98. The molecule has 3 aromatic rings. The van der Waals surface area contributed by atoms with E-state index in [-0.39, 0.29) is 5.78 Å². The van der Waals surface area contributed by atoms with Gasteiger partial charge < -0.3 is 0 Å². The minimum atomic E-state index is -0.0508. The van der Waals surface area contributed by atoms with Crippen LogP contribution in [0.5, 0.6) is 0 Å². The first-order valence-corrected chi connectivity index (χ1v) is 5.74. The third kappa shape index (κ3) is 1.10. The Labute approximate surface area is 103 Å². The van der Waals surface area contributed by atoms with Crippen molar-refractivity contribution < 1.29 is 4.79 Å². The third-order valence-electron chi connectivity index (χ3n) is 3.27. The zero-order chi connectivity index (χ0) is 12.1. The Morgan fingerprint density at radius 1 is 0.944 bits per heavy atom. The number of aromatic nitrogens is 2. The zero-order valence-electron chi connectivity index (χ0n) is 9.42. The van der Waals surface area contributed by atoms with E-state index >= 15 is 0 Å². The van der Waals surface area contributed by atoms with Gasteiger partial charge in [-0.15, -0.1) is 0 Å². The topological polar surface area (TPSA) is 42.9 Å². The summed E-state index contributed by atoms with van der Waals surface area (Å²) in [5.41, 5.74) is 2.27. The number of para-hydroxylation sites is 1. The molecule has 1 aliphatic rings. The average molecular weight is 232 g/mol. The summed E-state index contributed by atoms with van der Waals surface area (Å²) < 4.78 is 0. The Morgan fingerprint density at radius 2 is 1.83 bits per heavy atom. The Bertz CT molecular complexity index is 850. The maximum absolute atomic E-state index is 11.8. The highest BCUT2D eigenvalue weighted by Gasteiger charge is 2.18. The zero-order valence-corrected chi connectivity index (χ0v) is 9.42. The van der Waals surface area contributed by atoms with Crippen molar-refractivity contribution in [3.8, 4) is 0 Å². The van der Waals surface area contributed by atoms with Crippen LogP contribution in [-0.2, 0) is 0 Å². The normalized spacial score (nSPS) is 13.4. The second-order valence-corrected chi connectivity index (χ2v) is 4.29. The number of allylic oxidation sites excluding steroid dienone is 1. The van der Waals surface area contributed by atoms with Gasteiger partial charge in [0.1, 0.15) is 5.69 Å². The lowest BCUT2D eigenvalue weighted by molar-refractivity contribution is 0.104. The van der Waals surface area contributed by atoms with E-state index in [4.69, 9.17) is 0 Å². The fourth-order valence-corrected chi connectivity index (χ4v) is 2.47. The lowest BCUT2D eigenvalue weighted by Gasteiger charge is -2.12. The maximum atomic E-state index is 11.8. The highest BCUT2D eigenvalue weighted by Crippen LogP contribution is 2.31. The molecule has 1 aliphatic carbocycles. The van der Waals surface area contributed by atoms with Crippen LogP contribution in [0, 0.1) is 0 Å². The summed E-state index contributed by atoms with van der Waals surface area (Å²) in [6.07, 6.45) is 4.99. The molecule has 0 radical (unpaired) electrons. The highest BCUT2D eigenvalue weighted by molar-refractivity contribution is 6.22. The van der Waals surface area contributed by atoms with Gasteiger partial charge in [-0.05, 0) is 29.7 Å². The van der Waals surface area contributed by atoms with Crippen molar-refractivity contribution >= 4 is 33.5 Å². The standard InChI is InChI=1S/C15H8N2O/c18-13-6-5-12-14-10(7-8-16-15(13)14)9-3-1-2-4-11(9)17-12/h1-8H. The summed E-state index contributed by atoms with van der Waals surface area (Å²) in [6.45, 7) is 0. The SMILES string of the molecule is O=C1C=Cc2nc3ccccc3c3ccnc1c23. The molecule has 0 saturated carbocycles. The first-order valence-electron chi connectivity index (χ1n) is 5.74. The monoisotopic (exact) mass is 232 g/mol. The Balaban J connectivity index is 2.35. The summed E-state index contributed by atoms with van der Waals surface area (Å²) in [5.74, 6) is -0.0508. The predicted octanol–water partition coefficient (Wildman–Crippen LogP) is 2.99. The molecule has 0 saturated heterocycles. The molecular weight excluding hydrogens is 224 g/mol. The molecule has 2 heterocycles. The van der Waals surface area contributed by atoms with Gasteiger partial charge in [-0.3, -0.25) is 9.78 Å². The molecule has 0 unspecified atom stereocenters. The van der Waals surface area contributed by atoms with E-state index in [0.29, 0.717) is 5.69 Å². The van der Waals surface area contributed by atoms with Crippen LogP contribution in [0.15, 0.2) is 42.6 Å². The summed E-state index contributed by atoms with van der Waals surface area (Å²) in [5, 5.41) is 2.96. The van der Waals surface area contributed by atoms with E-state index in [1.165, 1.54) is 6.08 Å². The second-order valence-electron chi connectivity index (χ2n) is 4.29. The van der Waals surface area contributed by atoms with Crippen molar-refractivity contribution in [3.63, 3.8) is 0 Å². The highest BCUT2D eigenvalue weighted by atomic mass is 16.1. The van der Waals surface area contributed by atoms with E-state index in [2.05, 4.69) is 9.97 Å². The summed E-state index contributed by atoms with van der Waals surface area (Å²) in [4.78, 5) is 20.6. The third-order valence-corrected chi connectivity index (χ3v) is 3.27. The number of benzene rings is 1. The van der Waals surface area contributed by atoms with Gasteiger partial charge in [0.25, 0.3) is 0 Å². The lowest BCUT2D eigenvalue weighted by Crippen LogP contribution is -2.05. The molecule has 0 fully saturated rings. The molecule has 0 atom stereocenters. The summed E-state index contributed by atoms with van der Waals surface area (Å²) in [7, 11) is 0. The van der Waals surface area contributed by atoms with Crippen molar-refractivity contribution in [1.29, 1.82) is 0 Å². The minimum Gasteiger partial charge on any atom is -0.288 e. The van der Waals surface area contributed by atoms with Crippen LogP contribution in [-0.4, -0.2) is 15.8 Å². The molecule has 0 bridgehead atoms. The molecule has 3 heteroatoms. The van der Waals surface area contributed by atoms with E-state index in [1.807, 2.05) is 30.3 Å². The number of hydrogen-bond donors (Lipinski definition) is 0. The molecule has 3 nitrogen and oxygen atoms in total. The summed E-state index contributed by atoms with van der Waals surface area (Å²) in [6, 6.07) is 9.89. The fraction of sp³-hybridized carbons (Fsp3) is 0. The largest absolute Gasteiger partial charge is 0.288 e. The molecule has 84 valence electrons. The second kappa shape index (κ2) is 3.23. The molecule has 0 spiro atoms. The fourth-order valence-electron chi connectivity index (χ4n) is 2.47. The molecule has 0 amide bonds. The molecule has 0 N–H and O–H groups in total. The number of nitrogens with zero attached hydrogens (tertiary/aromatic N) is 2. The van der Waals surface area contributed by atoms with Gasteiger partial charge in [0.15, 0.2) is 0 Å². The van der Waals surface area contributed by atoms with Gasteiger partial charge in [0.05, 0.1) is 11.2 Å².